The predicted molar refractivity (Wildman–Crippen MR) is 148 cm³/mol. The van der Waals surface area contributed by atoms with Crippen molar-refractivity contribution >= 4 is 41.2 Å². The van der Waals surface area contributed by atoms with Crippen molar-refractivity contribution in [2.75, 3.05) is 36.8 Å². The molecule has 0 aliphatic carbocycles. The zero-order chi connectivity index (χ0) is 23.5. The minimum absolute atomic E-state index is 0.874. The number of pyridine rings is 1. The monoisotopic (exact) mass is 500 g/mol. The third kappa shape index (κ3) is 4.93. The molecule has 7 heteroatoms. The first-order valence-electron chi connectivity index (χ1n) is 12.4. The Hall–Kier alpha value is -2.90. The smallest absolute Gasteiger partial charge is 0.246 e. The lowest BCUT2D eigenvalue weighted by Crippen LogP contribution is -2.34. The Morgan fingerprint density at radius 3 is 2.97 bits per heavy atom. The topological polar surface area (TPSA) is 43.5 Å². The maximum Gasteiger partial charge on any atom is 0.246 e. The van der Waals surface area contributed by atoms with Crippen LogP contribution in [0.4, 0.5) is 5.69 Å². The van der Waals surface area contributed by atoms with E-state index in [1.54, 1.807) is 0 Å². The summed E-state index contributed by atoms with van der Waals surface area (Å²) in [7, 11) is 0. The molecule has 5 nitrogen and oxygen atoms in total. The van der Waals surface area contributed by atoms with Gasteiger partial charge in [0.15, 0.2) is 12.2 Å². The molecule has 0 saturated heterocycles. The van der Waals surface area contributed by atoms with E-state index in [4.69, 9.17) is 0 Å². The van der Waals surface area contributed by atoms with E-state index in [0.29, 0.717) is 0 Å². The summed E-state index contributed by atoms with van der Waals surface area (Å²) in [5, 5.41) is 9.29. The standard InChI is InChI=1S/C28H30N5S2/c1-2-9-23(10-3-1)32-17-12-21(19-25(32)34-18-6-13-29-28-30-14-15-31-28)20-26-33-16-5-8-22-7-4-11-24(35-26)27(22)33/h1-4,7,9-12,17,19-20H,5-6,8,13-16,18H2,(H2,29,30,31)/q+1. The first-order chi connectivity index (χ1) is 17.3. The van der Waals surface area contributed by atoms with Crippen LogP contribution < -0.4 is 20.1 Å². The molecule has 0 saturated carbocycles. The van der Waals surface area contributed by atoms with E-state index in [9.17, 15) is 0 Å². The second-order valence-electron chi connectivity index (χ2n) is 8.89. The molecule has 3 aliphatic rings. The number of nitrogens with one attached hydrogen (secondary N) is 2. The van der Waals surface area contributed by atoms with E-state index in [2.05, 4.69) is 98.0 Å². The van der Waals surface area contributed by atoms with Gasteiger partial charge >= 0.3 is 0 Å². The van der Waals surface area contributed by atoms with Gasteiger partial charge in [-0.2, -0.15) is 4.57 Å². The number of aromatic nitrogens is 1. The average molecular weight is 501 g/mol. The molecule has 6 rings (SSSR count). The highest BCUT2D eigenvalue weighted by molar-refractivity contribution is 8.04. The summed E-state index contributed by atoms with van der Waals surface area (Å²) in [6.45, 7) is 3.85. The largest absolute Gasteiger partial charge is 0.356 e. The van der Waals surface area contributed by atoms with Crippen LogP contribution in [0.5, 0.6) is 0 Å². The van der Waals surface area contributed by atoms with Crippen molar-refractivity contribution in [3.8, 4) is 5.69 Å². The van der Waals surface area contributed by atoms with Gasteiger partial charge in [-0.1, -0.05) is 53.9 Å². The molecule has 178 valence electrons. The van der Waals surface area contributed by atoms with E-state index < -0.39 is 0 Å². The molecule has 0 radical (unpaired) electrons. The number of hydrogen-bond acceptors (Lipinski definition) is 6. The summed E-state index contributed by atoms with van der Waals surface area (Å²) in [4.78, 5) is 8.33. The summed E-state index contributed by atoms with van der Waals surface area (Å²) in [5.41, 5.74) is 5.38. The van der Waals surface area contributed by atoms with Crippen molar-refractivity contribution < 1.29 is 4.57 Å². The van der Waals surface area contributed by atoms with Crippen molar-refractivity contribution in [3.05, 3.63) is 83.0 Å². The van der Waals surface area contributed by atoms with E-state index >= 15 is 0 Å². The molecule has 0 atom stereocenters. The van der Waals surface area contributed by atoms with E-state index in [0.717, 1.165) is 44.3 Å². The van der Waals surface area contributed by atoms with Crippen LogP contribution in [0.1, 0.15) is 24.0 Å². The molecule has 0 amide bonds. The molecule has 35 heavy (non-hydrogen) atoms. The van der Waals surface area contributed by atoms with Crippen molar-refractivity contribution in [3.63, 3.8) is 0 Å². The number of guanidine groups is 1. The van der Waals surface area contributed by atoms with Crippen LogP contribution in [0.3, 0.4) is 0 Å². The average Bonchev–Trinajstić information content (AvgIpc) is 3.54. The second kappa shape index (κ2) is 10.4. The number of benzene rings is 2. The maximum absolute atomic E-state index is 4.41. The molecule has 2 N–H and O–H groups in total. The normalized spacial score (nSPS) is 17.3. The van der Waals surface area contributed by atoms with E-state index in [1.807, 2.05) is 23.5 Å². The summed E-state index contributed by atoms with van der Waals surface area (Å²) < 4.78 is 2.30. The Balaban J connectivity index is 1.22. The van der Waals surface area contributed by atoms with Gasteiger partial charge < -0.3 is 15.5 Å². The number of aryl methyl sites for hydroxylation is 1. The summed E-state index contributed by atoms with van der Waals surface area (Å²) in [5.74, 6) is 1.99. The lowest BCUT2D eigenvalue weighted by Gasteiger charge is -2.27. The Bertz CT molecular complexity index is 1270. The van der Waals surface area contributed by atoms with Crippen molar-refractivity contribution in [1.29, 1.82) is 0 Å². The van der Waals surface area contributed by atoms with E-state index in [-0.39, 0.29) is 0 Å². The third-order valence-electron chi connectivity index (χ3n) is 6.47. The Labute approximate surface area is 215 Å². The van der Waals surface area contributed by atoms with Gasteiger partial charge in [0.05, 0.1) is 17.3 Å². The fourth-order valence-electron chi connectivity index (χ4n) is 4.80. The highest BCUT2D eigenvalue weighted by atomic mass is 32.2. The summed E-state index contributed by atoms with van der Waals surface area (Å²) in [6, 6.07) is 22.0. The highest BCUT2D eigenvalue weighted by Crippen LogP contribution is 2.50. The van der Waals surface area contributed by atoms with Crippen LogP contribution in [-0.4, -0.2) is 37.9 Å². The van der Waals surface area contributed by atoms with Gasteiger partial charge in [0.25, 0.3) is 0 Å². The summed E-state index contributed by atoms with van der Waals surface area (Å²) >= 11 is 3.83. The molecular weight excluding hydrogens is 470 g/mol. The molecule has 0 fully saturated rings. The van der Waals surface area contributed by atoms with Crippen LogP contribution in [0.15, 0.2) is 86.8 Å². The van der Waals surface area contributed by atoms with Crippen molar-refractivity contribution in [2.45, 2.75) is 29.2 Å². The van der Waals surface area contributed by atoms with Crippen LogP contribution in [0, 0.1) is 0 Å². The Morgan fingerprint density at radius 1 is 1.14 bits per heavy atom. The van der Waals surface area contributed by atoms with Crippen LogP contribution >= 0.6 is 23.5 Å². The maximum atomic E-state index is 4.41. The SMILES string of the molecule is C(=C1/Sc2cccc3c2N1CCC3)/c1cc[n+](-c2ccccc2)c(SCCCNC2=NCCN2)c1. The van der Waals surface area contributed by atoms with Crippen molar-refractivity contribution in [2.24, 2.45) is 4.99 Å². The zero-order valence-electron chi connectivity index (χ0n) is 19.7. The molecule has 0 unspecified atom stereocenters. The third-order valence-corrected chi connectivity index (χ3v) is 8.67. The molecule has 0 bridgehead atoms. The number of para-hydroxylation sites is 2. The van der Waals surface area contributed by atoms with Gasteiger partial charge in [0.2, 0.25) is 10.7 Å². The van der Waals surface area contributed by atoms with Gasteiger partial charge in [-0.25, -0.2) is 0 Å². The van der Waals surface area contributed by atoms with Crippen molar-refractivity contribution in [1.82, 2.24) is 10.6 Å². The van der Waals surface area contributed by atoms with Crippen LogP contribution in [0.25, 0.3) is 11.8 Å². The molecule has 3 aliphatic heterocycles. The fraction of sp³-hybridized carbons (Fsp3) is 0.286. The molecule has 2 aromatic carbocycles. The van der Waals surface area contributed by atoms with Crippen LogP contribution in [0.2, 0.25) is 0 Å². The summed E-state index contributed by atoms with van der Waals surface area (Å²) in [6.07, 6.45) is 8.06. The number of anilines is 1. The van der Waals surface area contributed by atoms with E-state index in [1.165, 1.54) is 50.3 Å². The lowest BCUT2D eigenvalue weighted by molar-refractivity contribution is -0.636. The molecule has 0 spiro atoms. The fourth-order valence-corrected chi connectivity index (χ4v) is 7.03. The quantitative estimate of drug-likeness (QED) is 0.276. The van der Waals surface area contributed by atoms with Gasteiger partial charge in [-0.15, -0.1) is 0 Å². The molecular formula is C28H30N5S2+. The number of hydrogen-bond donors (Lipinski definition) is 2. The molecule has 3 aromatic rings. The molecule has 4 heterocycles. The Morgan fingerprint density at radius 2 is 2.09 bits per heavy atom. The zero-order valence-corrected chi connectivity index (χ0v) is 21.4. The number of thioether (sulfide) groups is 2. The van der Waals surface area contributed by atoms with Crippen LogP contribution in [-0.2, 0) is 6.42 Å². The van der Waals surface area contributed by atoms with Gasteiger partial charge in [0.1, 0.15) is 0 Å². The minimum atomic E-state index is 0.874. The second-order valence-corrected chi connectivity index (χ2v) is 11.1. The first-order valence-corrected chi connectivity index (χ1v) is 14.2. The van der Waals surface area contributed by atoms with Gasteiger partial charge in [0, 0.05) is 54.5 Å². The number of rotatable bonds is 7. The molecule has 1 aromatic heterocycles. The Kier molecular flexibility index (Phi) is 6.69. The predicted octanol–water partition coefficient (Wildman–Crippen LogP) is 4.85. The first kappa shape index (κ1) is 22.6. The van der Waals surface area contributed by atoms with Gasteiger partial charge in [-0.3, -0.25) is 4.99 Å². The highest BCUT2D eigenvalue weighted by Gasteiger charge is 2.30. The lowest BCUT2D eigenvalue weighted by atomic mass is 10.0. The number of nitrogens with zero attached hydrogens (tertiary/aromatic N) is 3. The number of aliphatic imine (C=N–C) groups is 1. The minimum Gasteiger partial charge on any atom is -0.356 e. The van der Waals surface area contributed by atoms with Gasteiger partial charge in [-0.05, 0) is 42.5 Å².